The lowest BCUT2D eigenvalue weighted by Gasteiger charge is -2.11. The van der Waals surface area contributed by atoms with Gasteiger partial charge in [-0.25, -0.2) is 4.39 Å². The van der Waals surface area contributed by atoms with Crippen molar-refractivity contribution in [2.75, 3.05) is 0 Å². The molecule has 5 heteroatoms. The van der Waals surface area contributed by atoms with Crippen molar-refractivity contribution in [2.24, 2.45) is 5.16 Å². The van der Waals surface area contributed by atoms with Crippen LogP contribution in [0, 0.1) is 5.82 Å². The molecule has 0 unspecified atom stereocenters. The van der Waals surface area contributed by atoms with Gasteiger partial charge in [-0.05, 0) is 31.2 Å². The number of rotatable bonds is 4. The average Bonchev–Trinajstić information content (AvgIpc) is 2.46. The summed E-state index contributed by atoms with van der Waals surface area (Å²) >= 11 is 5.94. The van der Waals surface area contributed by atoms with Crippen molar-refractivity contribution in [1.29, 1.82) is 0 Å². The zero-order valence-corrected chi connectivity index (χ0v) is 11.6. The van der Waals surface area contributed by atoms with E-state index in [1.165, 1.54) is 12.1 Å². The molecular weight excluding hydrogens is 281 g/mol. The van der Waals surface area contributed by atoms with Gasteiger partial charge in [0.25, 0.3) is 0 Å². The Hall–Kier alpha value is -2.07. The van der Waals surface area contributed by atoms with Gasteiger partial charge in [0.05, 0.1) is 10.7 Å². The maximum Gasteiger partial charge on any atom is 0.128 e. The monoisotopic (exact) mass is 293 g/mol. The van der Waals surface area contributed by atoms with Crippen molar-refractivity contribution in [3.63, 3.8) is 0 Å². The quantitative estimate of drug-likeness (QED) is 0.520. The van der Waals surface area contributed by atoms with Crippen molar-refractivity contribution >= 4 is 17.3 Å². The summed E-state index contributed by atoms with van der Waals surface area (Å²) < 4.78 is 18.6. The molecule has 104 valence electrons. The number of ether oxygens (including phenoxy) is 1. The van der Waals surface area contributed by atoms with E-state index < -0.39 is 0 Å². The Kier molecular flexibility index (Phi) is 4.58. The molecule has 0 saturated carbocycles. The molecular formula is C15H13ClFNO2. The first-order chi connectivity index (χ1) is 9.61. The van der Waals surface area contributed by atoms with Gasteiger partial charge in [-0.15, -0.1) is 0 Å². The Morgan fingerprint density at radius 2 is 2.05 bits per heavy atom. The fourth-order valence-corrected chi connectivity index (χ4v) is 1.96. The third-order valence-electron chi connectivity index (χ3n) is 2.83. The van der Waals surface area contributed by atoms with E-state index in [4.69, 9.17) is 21.5 Å². The highest BCUT2D eigenvalue weighted by Crippen LogP contribution is 2.23. The molecule has 0 saturated heterocycles. The lowest BCUT2D eigenvalue weighted by atomic mass is 10.1. The molecule has 0 radical (unpaired) electrons. The maximum atomic E-state index is 13.0. The van der Waals surface area contributed by atoms with E-state index in [0.29, 0.717) is 27.6 Å². The standard InChI is InChI=1S/C15H13ClFNO2/c1-10(18-19)13-4-2-3-5-15(13)20-9-11-6-7-12(17)8-14(11)16/h2-8,19H,9H2,1H3/b18-10+. The number of nitrogens with zero attached hydrogens (tertiary/aromatic N) is 1. The summed E-state index contributed by atoms with van der Waals surface area (Å²) in [6.07, 6.45) is 0. The SMILES string of the molecule is C/C(=N\O)c1ccccc1OCc1ccc(F)cc1Cl. The molecule has 0 aliphatic rings. The molecule has 3 nitrogen and oxygen atoms in total. The number of halogens is 2. The van der Waals surface area contributed by atoms with Crippen LogP contribution in [-0.2, 0) is 6.61 Å². The summed E-state index contributed by atoms with van der Waals surface area (Å²) in [5.74, 6) is 0.186. The Labute approximate surface area is 121 Å². The molecule has 0 atom stereocenters. The highest BCUT2D eigenvalue weighted by molar-refractivity contribution is 6.31. The average molecular weight is 294 g/mol. The van der Waals surface area contributed by atoms with Crippen LogP contribution in [-0.4, -0.2) is 10.9 Å². The van der Waals surface area contributed by atoms with Crippen molar-refractivity contribution in [1.82, 2.24) is 0 Å². The van der Waals surface area contributed by atoms with Gasteiger partial charge in [-0.3, -0.25) is 0 Å². The van der Waals surface area contributed by atoms with Crippen LogP contribution in [0.1, 0.15) is 18.1 Å². The lowest BCUT2D eigenvalue weighted by Crippen LogP contribution is -2.02. The smallest absolute Gasteiger partial charge is 0.128 e. The summed E-state index contributed by atoms with van der Waals surface area (Å²) in [4.78, 5) is 0. The minimum Gasteiger partial charge on any atom is -0.488 e. The van der Waals surface area contributed by atoms with Crippen molar-refractivity contribution < 1.29 is 14.3 Å². The Bertz CT molecular complexity index is 644. The van der Waals surface area contributed by atoms with E-state index in [1.54, 1.807) is 25.1 Å². The van der Waals surface area contributed by atoms with Gasteiger partial charge in [0, 0.05) is 11.1 Å². The molecule has 0 amide bonds. The first-order valence-corrected chi connectivity index (χ1v) is 6.34. The van der Waals surface area contributed by atoms with Crippen LogP contribution in [0.5, 0.6) is 5.75 Å². The second-order valence-corrected chi connectivity index (χ2v) is 4.61. The predicted octanol–water partition coefficient (Wildman–Crippen LogP) is 4.26. The molecule has 0 aliphatic carbocycles. The first-order valence-electron chi connectivity index (χ1n) is 5.96. The number of benzene rings is 2. The molecule has 2 aromatic rings. The fourth-order valence-electron chi connectivity index (χ4n) is 1.74. The number of oxime groups is 1. The van der Waals surface area contributed by atoms with E-state index in [2.05, 4.69) is 5.16 Å². The van der Waals surface area contributed by atoms with E-state index in [-0.39, 0.29) is 12.4 Å². The van der Waals surface area contributed by atoms with Crippen molar-refractivity contribution in [2.45, 2.75) is 13.5 Å². The van der Waals surface area contributed by atoms with Crippen LogP contribution >= 0.6 is 11.6 Å². The summed E-state index contributed by atoms with van der Waals surface area (Å²) in [6, 6.07) is 11.3. The summed E-state index contributed by atoms with van der Waals surface area (Å²) in [5.41, 5.74) is 1.82. The molecule has 0 heterocycles. The van der Waals surface area contributed by atoms with Gasteiger partial charge < -0.3 is 9.94 Å². The highest BCUT2D eigenvalue weighted by atomic mass is 35.5. The largest absolute Gasteiger partial charge is 0.488 e. The minimum atomic E-state index is -0.387. The molecule has 0 bridgehead atoms. The van der Waals surface area contributed by atoms with Gasteiger partial charge in [0.1, 0.15) is 18.2 Å². The summed E-state index contributed by atoms with van der Waals surface area (Å²) in [6.45, 7) is 1.88. The molecule has 0 fully saturated rings. The van der Waals surface area contributed by atoms with Gasteiger partial charge in [-0.1, -0.05) is 35.0 Å². The van der Waals surface area contributed by atoms with Crippen LogP contribution in [0.2, 0.25) is 5.02 Å². The summed E-state index contributed by atoms with van der Waals surface area (Å²) in [7, 11) is 0. The minimum absolute atomic E-state index is 0.203. The van der Waals surface area contributed by atoms with E-state index >= 15 is 0 Å². The van der Waals surface area contributed by atoms with Crippen molar-refractivity contribution in [3.05, 3.63) is 64.4 Å². The topological polar surface area (TPSA) is 41.8 Å². The zero-order chi connectivity index (χ0) is 14.5. The normalized spacial score (nSPS) is 11.4. The molecule has 20 heavy (non-hydrogen) atoms. The number of hydrogen-bond acceptors (Lipinski definition) is 3. The molecule has 1 N–H and O–H groups in total. The van der Waals surface area contributed by atoms with E-state index in [1.807, 2.05) is 12.1 Å². The maximum absolute atomic E-state index is 13.0. The fraction of sp³-hybridized carbons (Fsp3) is 0.133. The molecule has 2 aromatic carbocycles. The van der Waals surface area contributed by atoms with Crippen LogP contribution in [0.15, 0.2) is 47.6 Å². The van der Waals surface area contributed by atoms with Gasteiger partial charge in [0.15, 0.2) is 0 Å². The Balaban J connectivity index is 2.19. The third kappa shape index (κ3) is 3.27. The van der Waals surface area contributed by atoms with Crippen LogP contribution < -0.4 is 4.74 Å². The Morgan fingerprint density at radius 1 is 1.30 bits per heavy atom. The molecule has 2 rings (SSSR count). The lowest BCUT2D eigenvalue weighted by molar-refractivity contribution is 0.303. The first kappa shape index (κ1) is 14.3. The second-order valence-electron chi connectivity index (χ2n) is 4.21. The number of hydrogen-bond donors (Lipinski definition) is 1. The van der Waals surface area contributed by atoms with E-state index in [0.717, 1.165) is 0 Å². The van der Waals surface area contributed by atoms with Crippen LogP contribution in [0.25, 0.3) is 0 Å². The zero-order valence-electron chi connectivity index (χ0n) is 10.8. The van der Waals surface area contributed by atoms with Gasteiger partial charge in [-0.2, -0.15) is 0 Å². The van der Waals surface area contributed by atoms with Crippen molar-refractivity contribution in [3.8, 4) is 5.75 Å². The summed E-state index contributed by atoms with van der Waals surface area (Å²) in [5, 5.41) is 12.3. The second kappa shape index (κ2) is 6.39. The van der Waals surface area contributed by atoms with E-state index in [9.17, 15) is 4.39 Å². The molecule has 0 spiro atoms. The molecule has 0 aromatic heterocycles. The van der Waals surface area contributed by atoms with Crippen LogP contribution in [0.4, 0.5) is 4.39 Å². The predicted molar refractivity (Wildman–Crippen MR) is 76.2 cm³/mol. The number of para-hydroxylation sites is 1. The van der Waals surface area contributed by atoms with Gasteiger partial charge in [0.2, 0.25) is 0 Å². The highest BCUT2D eigenvalue weighted by Gasteiger charge is 2.08. The van der Waals surface area contributed by atoms with Gasteiger partial charge >= 0.3 is 0 Å². The van der Waals surface area contributed by atoms with Crippen LogP contribution in [0.3, 0.4) is 0 Å². The Morgan fingerprint density at radius 3 is 2.75 bits per heavy atom. The molecule has 0 aliphatic heterocycles. The third-order valence-corrected chi connectivity index (χ3v) is 3.18.